The van der Waals surface area contributed by atoms with Crippen molar-refractivity contribution in [3.05, 3.63) is 6.54 Å². The molecule has 1 rings (SSSR count). The van der Waals surface area contributed by atoms with Crippen LogP contribution in [-0.2, 0) is 9.59 Å². The molecule has 0 saturated carbocycles. The third-order valence-electron chi connectivity index (χ3n) is 2.23. The topological polar surface area (TPSA) is 73.8 Å². The standard InChI is InChI=1S/C9H15N4O2/c1-6-4-12-8(11-3)9(15)13(6)5-7(14)10-2/h4,6H,5H2,1-3H3,(H,10,14)(H,11,12). The molecule has 0 aromatic rings. The predicted octanol–water partition coefficient (Wildman–Crippen LogP) is -1.26. The number of hydrogen-bond acceptors (Lipinski definition) is 3. The molecule has 1 heterocycles. The van der Waals surface area contributed by atoms with E-state index < -0.39 is 0 Å². The Morgan fingerprint density at radius 1 is 1.73 bits per heavy atom. The van der Waals surface area contributed by atoms with Gasteiger partial charge in [-0.15, -0.1) is 0 Å². The van der Waals surface area contributed by atoms with E-state index in [2.05, 4.69) is 15.6 Å². The average Bonchev–Trinajstić information content (AvgIpc) is 2.24. The van der Waals surface area contributed by atoms with E-state index in [9.17, 15) is 9.59 Å². The summed E-state index contributed by atoms with van der Waals surface area (Å²) < 4.78 is 0. The summed E-state index contributed by atoms with van der Waals surface area (Å²) in [5.41, 5.74) is 0. The van der Waals surface area contributed by atoms with Gasteiger partial charge < -0.3 is 15.5 Å². The van der Waals surface area contributed by atoms with Crippen LogP contribution < -0.4 is 10.6 Å². The van der Waals surface area contributed by atoms with Crippen molar-refractivity contribution < 1.29 is 9.59 Å². The molecule has 0 spiro atoms. The molecule has 15 heavy (non-hydrogen) atoms. The highest BCUT2D eigenvalue weighted by molar-refractivity contribution is 6.38. The minimum atomic E-state index is -0.254. The monoisotopic (exact) mass is 211 g/mol. The number of nitrogens with one attached hydrogen (secondary N) is 2. The van der Waals surface area contributed by atoms with Crippen molar-refractivity contribution in [3.63, 3.8) is 0 Å². The smallest absolute Gasteiger partial charge is 0.289 e. The highest BCUT2D eigenvalue weighted by atomic mass is 16.2. The van der Waals surface area contributed by atoms with Crippen LogP contribution >= 0.6 is 0 Å². The first kappa shape index (κ1) is 11.5. The van der Waals surface area contributed by atoms with Gasteiger partial charge in [-0.25, -0.2) is 0 Å². The van der Waals surface area contributed by atoms with Crippen molar-refractivity contribution in [1.29, 1.82) is 0 Å². The van der Waals surface area contributed by atoms with E-state index in [-0.39, 0.29) is 30.2 Å². The van der Waals surface area contributed by atoms with Crippen molar-refractivity contribution in [2.45, 2.75) is 13.0 Å². The van der Waals surface area contributed by atoms with Crippen LogP contribution in [0.5, 0.6) is 0 Å². The number of amidine groups is 1. The minimum absolute atomic E-state index is 0.0493. The normalized spacial score (nSPS) is 23.9. The summed E-state index contributed by atoms with van der Waals surface area (Å²) in [6, 6.07) is -0.125. The second-order valence-electron chi connectivity index (χ2n) is 3.23. The molecule has 1 aliphatic heterocycles. The van der Waals surface area contributed by atoms with E-state index in [0.717, 1.165) is 0 Å². The summed E-state index contributed by atoms with van der Waals surface area (Å²) in [6.07, 6.45) is 0. The summed E-state index contributed by atoms with van der Waals surface area (Å²) in [7, 11) is 3.07. The third kappa shape index (κ3) is 2.45. The Morgan fingerprint density at radius 3 is 2.93 bits per heavy atom. The maximum Gasteiger partial charge on any atom is 0.289 e. The van der Waals surface area contributed by atoms with Crippen LogP contribution in [-0.4, -0.2) is 49.2 Å². The number of amides is 2. The zero-order chi connectivity index (χ0) is 11.4. The highest BCUT2D eigenvalue weighted by Gasteiger charge is 2.30. The van der Waals surface area contributed by atoms with E-state index in [1.165, 1.54) is 19.0 Å². The van der Waals surface area contributed by atoms with Gasteiger partial charge in [0, 0.05) is 14.1 Å². The Hall–Kier alpha value is -1.59. The number of carbonyl (C=O) groups excluding carboxylic acids is 2. The lowest BCUT2D eigenvalue weighted by molar-refractivity contribution is -0.133. The molecule has 6 heteroatoms. The lowest BCUT2D eigenvalue weighted by Gasteiger charge is -2.33. The third-order valence-corrected chi connectivity index (χ3v) is 2.23. The molecule has 6 nitrogen and oxygen atoms in total. The fourth-order valence-corrected chi connectivity index (χ4v) is 1.28. The number of hydrogen-bond donors (Lipinski definition) is 2. The van der Waals surface area contributed by atoms with Crippen LogP contribution in [0.2, 0.25) is 0 Å². The van der Waals surface area contributed by atoms with Gasteiger partial charge in [-0.05, 0) is 6.92 Å². The number of likely N-dealkylation sites (N-methyl/N-ethyl adjacent to an activating group) is 1. The Labute approximate surface area is 88.7 Å². The zero-order valence-corrected chi connectivity index (χ0v) is 9.07. The average molecular weight is 211 g/mol. The number of piperazine rings is 1. The van der Waals surface area contributed by atoms with Gasteiger partial charge in [-0.2, -0.15) is 0 Å². The van der Waals surface area contributed by atoms with Crippen LogP contribution in [0.1, 0.15) is 6.92 Å². The van der Waals surface area contributed by atoms with E-state index in [0.29, 0.717) is 0 Å². The largest absolute Gasteiger partial charge is 0.359 e. The minimum Gasteiger partial charge on any atom is -0.359 e. The number of rotatable bonds is 2. The van der Waals surface area contributed by atoms with Crippen LogP contribution in [0.25, 0.3) is 0 Å². The Kier molecular flexibility index (Phi) is 3.65. The molecular weight excluding hydrogens is 196 g/mol. The summed E-state index contributed by atoms with van der Waals surface area (Å²) in [4.78, 5) is 28.2. The molecule has 1 saturated heterocycles. The predicted molar refractivity (Wildman–Crippen MR) is 56.0 cm³/mol. The molecule has 0 bridgehead atoms. The van der Waals surface area contributed by atoms with Gasteiger partial charge in [0.2, 0.25) is 5.91 Å². The number of aliphatic imine (C=N–C) groups is 1. The van der Waals surface area contributed by atoms with Crippen molar-refractivity contribution in [1.82, 2.24) is 15.5 Å². The Bertz CT molecular complexity index is 300. The molecule has 1 radical (unpaired) electrons. The number of carbonyl (C=O) groups is 2. The van der Waals surface area contributed by atoms with Gasteiger partial charge in [0.25, 0.3) is 5.91 Å². The molecule has 1 unspecified atom stereocenters. The molecule has 2 amide bonds. The van der Waals surface area contributed by atoms with Crippen LogP contribution in [0.4, 0.5) is 0 Å². The molecule has 1 fully saturated rings. The quantitative estimate of drug-likeness (QED) is 0.599. The molecule has 2 N–H and O–H groups in total. The maximum absolute atomic E-state index is 11.8. The van der Waals surface area contributed by atoms with Gasteiger partial charge in [-0.3, -0.25) is 14.6 Å². The molecule has 1 aliphatic rings. The Balaban J connectivity index is 2.75. The van der Waals surface area contributed by atoms with Gasteiger partial charge in [0.15, 0.2) is 5.84 Å². The van der Waals surface area contributed by atoms with E-state index >= 15 is 0 Å². The molecule has 0 aromatic carbocycles. The van der Waals surface area contributed by atoms with Gasteiger partial charge in [-0.1, -0.05) is 0 Å². The first-order chi connectivity index (χ1) is 7.10. The SMILES string of the molecule is CN=C1N[CH]C(C)N(CC(=O)NC)C1=O. The van der Waals surface area contributed by atoms with Gasteiger partial charge in [0.05, 0.1) is 12.6 Å². The van der Waals surface area contributed by atoms with Crippen molar-refractivity contribution in [2.75, 3.05) is 20.6 Å². The Morgan fingerprint density at radius 2 is 2.40 bits per heavy atom. The lowest BCUT2D eigenvalue weighted by Crippen LogP contribution is -2.56. The van der Waals surface area contributed by atoms with Crippen LogP contribution in [0.15, 0.2) is 4.99 Å². The van der Waals surface area contributed by atoms with E-state index in [4.69, 9.17) is 0 Å². The fourth-order valence-electron chi connectivity index (χ4n) is 1.28. The van der Waals surface area contributed by atoms with E-state index in [1.807, 2.05) is 6.92 Å². The van der Waals surface area contributed by atoms with Crippen molar-refractivity contribution >= 4 is 17.6 Å². The second kappa shape index (κ2) is 4.77. The van der Waals surface area contributed by atoms with Crippen molar-refractivity contribution in [2.24, 2.45) is 4.99 Å². The lowest BCUT2D eigenvalue weighted by atomic mass is 10.2. The highest BCUT2D eigenvalue weighted by Crippen LogP contribution is 2.07. The van der Waals surface area contributed by atoms with Gasteiger partial charge in [0.1, 0.15) is 6.54 Å². The van der Waals surface area contributed by atoms with Crippen LogP contribution in [0.3, 0.4) is 0 Å². The first-order valence-electron chi connectivity index (χ1n) is 4.68. The van der Waals surface area contributed by atoms with Crippen molar-refractivity contribution in [3.8, 4) is 0 Å². The first-order valence-corrected chi connectivity index (χ1v) is 4.68. The summed E-state index contributed by atoms with van der Waals surface area (Å²) in [5, 5.41) is 5.27. The molecule has 1 atom stereocenters. The van der Waals surface area contributed by atoms with Gasteiger partial charge >= 0.3 is 0 Å². The summed E-state index contributed by atoms with van der Waals surface area (Å²) >= 11 is 0. The fraction of sp³-hybridized carbons (Fsp3) is 0.556. The summed E-state index contributed by atoms with van der Waals surface area (Å²) in [6.45, 7) is 3.61. The zero-order valence-electron chi connectivity index (χ0n) is 9.07. The summed E-state index contributed by atoms with van der Waals surface area (Å²) in [5.74, 6) is -0.186. The molecule has 0 aliphatic carbocycles. The maximum atomic E-state index is 11.8. The second-order valence-corrected chi connectivity index (χ2v) is 3.23. The molecule has 0 aromatic heterocycles. The number of nitrogens with zero attached hydrogens (tertiary/aromatic N) is 2. The van der Waals surface area contributed by atoms with E-state index in [1.54, 1.807) is 6.54 Å². The molecular formula is C9H15N4O2. The van der Waals surface area contributed by atoms with Crippen LogP contribution in [0, 0.1) is 6.54 Å². The molecule has 83 valence electrons.